The van der Waals surface area contributed by atoms with Gasteiger partial charge in [0.25, 0.3) is 0 Å². The Balaban J connectivity index is 2.56. The zero-order valence-corrected chi connectivity index (χ0v) is 8.22. The van der Waals surface area contributed by atoms with Crippen molar-refractivity contribution < 1.29 is 5.11 Å². The van der Waals surface area contributed by atoms with Crippen LogP contribution in [0.15, 0.2) is 36.5 Å². The molecule has 1 aromatic carbocycles. The number of hydrogen-bond acceptors (Lipinski definition) is 2. The van der Waals surface area contributed by atoms with Crippen LogP contribution in [0.5, 0.6) is 0 Å². The van der Waals surface area contributed by atoms with Crippen LogP contribution >= 0.6 is 0 Å². The van der Waals surface area contributed by atoms with Crippen molar-refractivity contribution >= 4 is 10.9 Å². The average molecular weight is 197 g/mol. The Morgan fingerprint density at radius 2 is 2.20 bits per heavy atom. The van der Waals surface area contributed by atoms with Gasteiger partial charge >= 0.3 is 0 Å². The molecule has 0 aliphatic carbocycles. The van der Waals surface area contributed by atoms with Gasteiger partial charge < -0.3 is 5.11 Å². The van der Waals surface area contributed by atoms with Crippen molar-refractivity contribution in [2.45, 2.75) is 12.5 Å². The quantitative estimate of drug-likeness (QED) is 0.749. The predicted molar refractivity (Wildman–Crippen MR) is 60.2 cm³/mol. The number of aliphatic hydroxyl groups excluding tert-OH is 1. The minimum atomic E-state index is -0.608. The number of aromatic nitrogens is 1. The number of benzene rings is 1. The van der Waals surface area contributed by atoms with Crippen molar-refractivity contribution in [2.24, 2.45) is 0 Å². The SMILES string of the molecule is C#CCC(O)c1cccc2ncccc12. The molecule has 0 aliphatic rings. The molecule has 0 saturated carbocycles. The third-order valence-electron chi connectivity index (χ3n) is 2.35. The highest BCUT2D eigenvalue weighted by Gasteiger charge is 2.09. The first kappa shape index (κ1) is 9.70. The van der Waals surface area contributed by atoms with Crippen LogP contribution in [0.25, 0.3) is 10.9 Å². The molecule has 0 bridgehead atoms. The van der Waals surface area contributed by atoms with Gasteiger partial charge in [-0.15, -0.1) is 12.3 Å². The molecule has 0 aliphatic heterocycles. The van der Waals surface area contributed by atoms with Gasteiger partial charge in [-0.3, -0.25) is 4.98 Å². The van der Waals surface area contributed by atoms with Crippen LogP contribution in [-0.4, -0.2) is 10.1 Å². The maximum absolute atomic E-state index is 9.85. The molecule has 0 fully saturated rings. The Bertz CT molecular complexity index is 508. The fourth-order valence-corrected chi connectivity index (χ4v) is 1.64. The van der Waals surface area contributed by atoms with Gasteiger partial charge in [-0.1, -0.05) is 18.2 Å². The molecule has 1 aromatic heterocycles. The van der Waals surface area contributed by atoms with Gasteiger partial charge in [-0.2, -0.15) is 0 Å². The lowest BCUT2D eigenvalue weighted by Gasteiger charge is -2.10. The van der Waals surface area contributed by atoms with Gasteiger partial charge in [0, 0.05) is 18.0 Å². The number of terminal acetylenes is 1. The fraction of sp³-hybridized carbons (Fsp3) is 0.154. The minimum absolute atomic E-state index is 0.327. The molecule has 2 heteroatoms. The van der Waals surface area contributed by atoms with Gasteiger partial charge in [0.05, 0.1) is 11.6 Å². The highest BCUT2D eigenvalue weighted by atomic mass is 16.3. The summed E-state index contributed by atoms with van der Waals surface area (Å²) in [6, 6.07) is 9.48. The summed E-state index contributed by atoms with van der Waals surface area (Å²) < 4.78 is 0. The summed E-state index contributed by atoms with van der Waals surface area (Å²) in [4.78, 5) is 4.22. The van der Waals surface area contributed by atoms with E-state index in [1.54, 1.807) is 6.20 Å². The molecule has 2 nitrogen and oxygen atoms in total. The van der Waals surface area contributed by atoms with E-state index in [0.717, 1.165) is 16.5 Å². The Hall–Kier alpha value is -1.85. The number of rotatable bonds is 2. The topological polar surface area (TPSA) is 33.1 Å². The van der Waals surface area contributed by atoms with Crippen LogP contribution in [0.4, 0.5) is 0 Å². The smallest absolute Gasteiger partial charge is 0.0905 e. The first-order valence-corrected chi connectivity index (χ1v) is 4.78. The van der Waals surface area contributed by atoms with Gasteiger partial charge in [-0.25, -0.2) is 0 Å². The molecule has 0 amide bonds. The van der Waals surface area contributed by atoms with Crippen molar-refractivity contribution in [2.75, 3.05) is 0 Å². The van der Waals surface area contributed by atoms with Crippen molar-refractivity contribution in [3.63, 3.8) is 0 Å². The third kappa shape index (κ3) is 1.83. The van der Waals surface area contributed by atoms with Crippen molar-refractivity contribution in [1.82, 2.24) is 4.98 Å². The van der Waals surface area contributed by atoms with Crippen LogP contribution in [0.1, 0.15) is 18.1 Å². The van der Waals surface area contributed by atoms with E-state index < -0.39 is 6.10 Å². The average Bonchev–Trinajstić information content (AvgIpc) is 2.28. The lowest BCUT2D eigenvalue weighted by molar-refractivity contribution is 0.185. The summed E-state index contributed by atoms with van der Waals surface area (Å²) in [5.74, 6) is 2.46. The van der Waals surface area contributed by atoms with Crippen LogP contribution in [0, 0.1) is 12.3 Å². The van der Waals surface area contributed by atoms with Gasteiger partial charge in [0.1, 0.15) is 0 Å². The third-order valence-corrected chi connectivity index (χ3v) is 2.35. The minimum Gasteiger partial charge on any atom is -0.387 e. The predicted octanol–water partition coefficient (Wildman–Crippen LogP) is 2.29. The van der Waals surface area contributed by atoms with E-state index in [1.165, 1.54) is 0 Å². The van der Waals surface area contributed by atoms with Crippen molar-refractivity contribution in [1.29, 1.82) is 0 Å². The molecular formula is C13H11NO. The molecule has 0 radical (unpaired) electrons. The van der Waals surface area contributed by atoms with Crippen LogP contribution < -0.4 is 0 Å². The first-order chi connectivity index (χ1) is 7.33. The van der Waals surface area contributed by atoms with Gasteiger partial charge in [-0.05, 0) is 17.7 Å². The summed E-state index contributed by atoms with van der Waals surface area (Å²) in [7, 11) is 0. The molecule has 2 aromatic rings. The van der Waals surface area contributed by atoms with Crippen molar-refractivity contribution in [3.05, 3.63) is 42.1 Å². The second-order valence-corrected chi connectivity index (χ2v) is 3.34. The van der Waals surface area contributed by atoms with E-state index >= 15 is 0 Å². The maximum atomic E-state index is 9.85. The molecule has 15 heavy (non-hydrogen) atoms. The number of nitrogens with zero attached hydrogens (tertiary/aromatic N) is 1. The normalized spacial score (nSPS) is 12.3. The van der Waals surface area contributed by atoms with Crippen molar-refractivity contribution in [3.8, 4) is 12.3 Å². The van der Waals surface area contributed by atoms with E-state index in [2.05, 4.69) is 10.9 Å². The van der Waals surface area contributed by atoms with Crippen LogP contribution in [0.2, 0.25) is 0 Å². The molecule has 1 unspecified atom stereocenters. The maximum Gasteiger partial charge on any atom is 0.0905 e. The zero-order chi connectivity index (χ0) is 10.7. The molecule has 0 saturated heterocycles. The number of fused-ring (bicyclic) bond motifs is 1. The molecule has 1 N–H and O–H groups in total. The van der Waals surface area contributed by atoms with Gasteiger partial charge in [0.15, 0.2) is 0 Å². The highest BCUT2D eigenvalue weighted by Crippen LogP contribution is 2.24. The number of hydrogen-bond donors (Lipinski definition) is 1. The van der Waals surface area contributed by atoms with E-state index in [-0.39, 0.29) is 0 Å². The standard InChI is InChI=1S/C13H11NO/c1-2-5-13(15)11-6-3-8-12-10(11)7-4-9-14-12/h1,3-4,6-9,13,15H,5H2. The molecule has 74 valence electrons. The molecule has 1 heterocycles. The highest BCUT2D eigenvalue weighted by molar-refractivity contribution is 5.82. The number of pyridine rings is 1. The van der Waals surface area contributed by atoms with Gasteiger partial charge in [0.2, 0.25) is 0 Å². The van der Waals surface area contributed by atoms with E-state index in [0.29, 0.717) is 6.42 Å². The zero-order valence-electron chi connectivity index (χ0n) is 8.22. The second kappa shape index (κ2) is 4.12. The first-order valence-electron chi connectivity index (χ1n) is 4.78. The Labute approximate surface area is 88.6 Å². The number of aliphatic hydroxyl groups is 1. The Morgan fingerprint density at radius 1 is 1.33 bits per heavy atom. The summed E-state index contributed by atoms with van der Waals surface area (Å²) >= 11 is 0. The molecule has 0 spiro atoms. The lowest BCUT2D eigenvalue weighted by atomic mass is 10.0. The Kier molecular flexibility index (Phi) is 2.66. The molecule has 2 rings (SSSR count). The lowest BCUT2D eigenvalue weighted by Crippen LogP contribution is -1.97. The Morgan fingerprint density at radius 3 is 3.00 bits per heavy atom. The summed E-state index contributed by atoms with van der Waals surface area (Å²) in [5.41, 5.74) is 1.73. The summed E-state index contributed by atoms with van der Waals surface area (Å²) in [6.45, 7) is 0. The largest absolute Gasteiger partial charge is 0.387 e. The monoisotopic (exact) mass is 197 g/mol. The molecular weight excluding hydrogens is 186 g/mol. The fourth-order valence-electron chi connectivity index (χ4n) is 1.64. The van der Waals surface area contributed by atoms with E-state index in [9.17, 15) is 5.11 Å². The van der Waals surface area contributed by atoms with Crippen LogP contribution in [0.3, 0.4) is 0 Å². The summed E-state index contributed by atoms with van der Waals surface area (Å²) in [6.07, 6.45) is 6.64. The van der Waals surface area contributed by atoms with Crippen LogP contribution in [-0.2, 0) is 0 Å². The molecule has 1 atom stereocenters. The summed E-state index contributed by atoms with van der Waals surface area (Å²) in [5, 5.41) is 10.8. The van der Waals surface area contributed by atoms with E-state index in [4.69, 9.17) is 6.42 Å². The van der Waals surface area contributed by atoms with E-state index in [1.807, 2.05) is 30.3 Å². The second-order valence-electron chi connectivity index (χ2n) is 3.34.